The van der Waals surface area contributed by atoms with Crippen LogP contribution in [0.1, 0.15) is 28.0 Å². The third-order valence-corrected chi connectivity index (χ3v) is 8.79. The van der Waals surface area contributed by atoms with Crippen LogP contribution in [-0.2, 0) is 20.9 Å². The lowest BCUT2D eigenvalue weighted by atomic mass is 10.0. The lowest BCUT2D eigenvalue weighted by Gasteiger charge is -2.26. The number of pyridine rings is 1. The molecule has 5 rings (SSSR count). The molecule has 2 aliphatic rings. The zero-order valence-corrected chi connectivity index (χ0v) is 26.3. The van der Waals surface area contributed by atoms with Crippen molar-refractivity contribution in [3.8, 4) is 11.1 Å². The van der Waals surface area contributed by atoms with E-state index < -0.39 is 17.6 Å². The van der Waals surface area contributed by atoms with E-state index >= 15 is 0 Å². The third-order valence-electron chi connectivity index (χ3n) is 7.41. The number of rotatable bonds is 12. The fourth-order valence-corrected chi connectivity index (χ4v) is 6.21. The zero-order chi connectivity index (χ0) is 32.6. The second-order valence-electron chi connectivity index (χ2n) is 10.5. The predicted octanol–water partition coefficient (Wildman–Crippen LogP) is 4.38. The van der Waals surface area contributed by atoms with Crippen molar-refractivity contribution < 1.29 is 33.0 Å². The Balaban J connectivity index is 1.27. The van der Waals surface area contributed by atoms with Gasteiger partial charge in [0.25, 0.3) is 5.91 Å². The normalized spacial score (nSPS) is 16.2. The first-order chi connectivity index (χ1) is 22.2. The molecular weight excluding hydrogens is 637 g/mol. The summed E-state index contributed by atoms with van der Waals surface area (Å²) in [6, 6.07) is 12.1. The molecule has 0 saturated carbocycles. The molecule has 3 heterocycles. The number of benzene rings is 2. The average molecular weight is 668 g/mol. The summed E-state index contributed by atoms with van der Waals surface area (Å²) in [5.41, 5.74) is 3.00. The molecule has 2 aliphatic heterocycles. The number of thioether (sulfide) groups is 1. The zero-order valence-electron chi connectivity index (χ0n) is 24.6. The van der Waals surface area contributed by atoms with E-state index in [4.69, 9.17) is 22.1 Å². The van der Waals surface area contributed by atoms with Gasteiger partial charge >= 0.3 is 5.97 Å². The molecule has 0 aliphatic carbocycles. The molecule has 2 aromatic carbocycles. The summed E-state index contributed by atoms with van der Waals surface area (Å²) in [4.78, 5) is 44.9. The molecule has 14 heteroatoms. The molecule has 2 fully saturated rings. The van der Waals surface area contributed by atoms with Gasteiger partial charge in [-0.25, -0.2) is 18.6 Å². The van der Waals surface area contributed by atoms with E-state index in [1.165, 1.54) is 23.2 Å². The summed E-state index contributed by atoms with van der Waals surface area (Å²) >= 11 is 6.59. The topological polar surface area (TPSA) is 124 Å². The number of carbonyl (C=O) groups excluding carboxylic acids is 2. The first-order valence-corrected chi connectivity index (χ1v) is 15.7. The predicted molar refractivity (Wildman–Crippen MR) is 175 cm³/mol. The minimum absolute atomic E-state index is 0.0173. The molecule has 3 aromatic rings. The molecular formula is C32H31F2N5O5S2. The Hall–Kier alpha value is -4.24. The Labute approximate surface area is 273 Å². The van der Waals surface area contributed by atoms with Crippen LogP contribution >= 0.6 is 24.0 Å². The van der Waals surface area contributed by atoms with Crippen LogP contribution in [0.25, 0.3) is 17.2 Å². The van der Waals surface area contributed by atoms with E-state index in [-0.39, 0.29) is 37.0 Å². The first-order valence-electron chi connectivity index (χ1n) is 14.5. The summed E-state index contributed by atoms with van der Waals surface area (Å²) in [5, 5.41) is 15.3. The van der Waals surface area contributed by atoms with E-state index in [1.54, 1.807) is 24.3 Å². The van der Waals surface area contributed by atoms with Crippen molar-refractivity contribution >= 4 is 57.8 Å². The van der Waals surface area contributed by atoms with Gasteiger partial charge in [-0.05, 0) is 64.7 Å². The SMILES string of the molecule is O=C(CCN1C(=O)C(=Cc2cc(-c3ccc(F)c(F)c3)ccc2NCCN2CCOCC2)SC1=S)NCc1ccnc(C(=O)O)c1. The minimum atomic E-state index is -1.16. The first kappa shape index (κ1) is 33.1. The van der Waals surface area contributed by atoms with E-state index in [1.807, 2.05) is 6.07 Å². The molecule has 0 spiro atoms. The van der Waals surface area contributed by atoms with Gasteiger partial charge in [0.15, 0.2) is 11.6 Å². The minimum Gasteiger partial charge on any atom is -0.477 e. The third kappa shape index (κ3) is 8.51. The number of carbonyl (C=O) groups is 3. The number of amides is 2. The number of hydrogen-bond acceptors (Lipinski definition) is 9. The number of anilines is 1. The monoisotopic (exact) mass is 667 g/mol. The van der Waals surface area contributed by atoms with Crippen LogP contribution in [0, 0.1) is 11.6 Å². The van der Waals surface area contributed by atoms with Crippen LogP contribution in [0.3, 0.4) is 0 Å². The van der Waals surface area contributed by atoms with E-state index in [0.29, 0.717) is 51.2 Å². The second kappa shape index (κ2) is 15.4. The second-order valence-corrected chi connectivity index (χ2v) is 12.2. The Morgan fingerprint density at radius 2 is 1.80 bits per heavy atom. The lowest BCUT2D eigenvalue weighted by molar-refractivity contribution is -0.123. The molecule has 240 valence electrons. The van der Waals surface area contributed by atoms with Crippen LogP contribution < -0.4 is 10.6 Å². The number of hydrogen-bond donors (Lipinski definition) is 3. The molecule has 2 saturated heterocycles. The van der Waals surface area contributed by atoms with Gasteiger partial charge in [0.1, 0.15) is 10.0 Å². The maximum Gasteiger partial charge on any atom is 0.354 e. The van der Waals surface area contributed by atoms with Crippen LogP contribution in [0.4, 0.5) is 14.5 Å². The van der Waals surface area contributed by atoms with Crippen molar-refractivity contribution in [2.24, 2.45) is 0 Å². The van der Waals surface area contributed by atoms with Gasteiger partial charge in [-0.2, -0.15) is 0 Å². The summed E-state index contributed by atoms with van der Waals surface area (Å²) in [6.45, 7) is 4.67. The van der Waals surface area contributed by atoms with E-state index in [9.17, 15) is 23.2 Å². The number of morpholine rings is 1. The fraction of sp³-hybridized carbons (Fsp3) is 0.281. The van der Waals surface area contributed by atoms with Gasteiger partial charge in [-0.3, -0.25) is 19.4 Å². The molecule has 0 radical (unpaired) electrons. The lowest BCUT2D eigenvalue weighted by Crippen LogP contribution is -2.39. The van der Waals surface area contributed by atoms with Gasteiger partial charge in [0.2, 0.25) is 5.91 Å². The summed E-state index contributed by atoms with van der Waals surface area (Å²) in [7, 11) is 0. The highest BCUT2D eigenvalue weighted by atomic mass is 32.2. The maximum atomic E-state index is 14.0. The van der Waals surface area contributed by atoms with Crippen LogP contribution in [-0.4, -0.2) is 87.9 Å². The number of ether oxygens (including phenoxy) is 1. The highest BCUT2D eigenvalue weighted by Crippen LogP contribution is 2.35. The van der Waals surface area contributed by atoms with Crippen LogP contribution in [0.5, 0.6) is 0 Å². The van der Waals surface area contributed by atoms with Gasteiger partial charge < -0.3 is 20.5 Å². The number of halogens is 2. The summed E-state index contributed by atoms with van der Waals surface area (Å²) < 4.78 is 33.4. The van der Waals surface area contributed by atoms with Crippen molar-refractivity contribution in [2.75, 3.05) is 51.3 Å². The largest absolute Gasteiger partial charge is 0.477 e. The van der Waals surface area contributed by atoms with Gasteiger partial charge in [0.05, 0.1) is 18.1 Å². The molecule has 46 heavy (non-hydrogen) atoms. The number of nitrogens with zero attached hydrogens (tertiary/aromatic N) is 3. The van der Waals surface area contributed by atoms with Crippen LogP contribution in [0.15, 0.2) is 59.6 Å². The van der Waals surface area contributed by atoms with Crippen molar-refractivity contribution in [3.05, 3.63) is 88.1 Å². The number of aromatic carboxylic acids is 1. The number of thiocarbonyl (C=S) groups is 1. The highest BCUT2D eigenvalue weighted by Gasteiger charge is 2.32. The van der Waals surface area contributed by atoms with E-state index in [0.717, 1.165) is 49.2 Å². The number of aromatic nitrogens is 1. The quantitative estimate of drug-likeness (QED) is 0.190. The number of carboxylic acid groups (broad SMARTS) is 1. The van der Waals surface area contributed by atoms with E-state index in [2.05, 4.69) is 20.5 Å². The Morgan fingerprint density at radius 3 is 2.57 bits per heavy atom. The van der Waals surface area contributed by atoms with Crippen LogP contribution in [0.2, 0.25) is 0 Å². The average Bonchev–Trinajstić information content (AvgIpc) is 3.32. The molecule has 0 bridgehead atoms. The smallest absolute Gasteiger partial charge is 0.354 e. The van der Waals surface area contributed by atoms with Gasteiger partial charge in [-0.15, -0.1) is 0 Å². The van der Waals surface area contributed by atoms with Gasteiger partial charge in [0, 0.05) is 57.6 Å². The molecule has 3 N–H and O–H groups in total. The number of carboxylic acids is 1. The molecule has 10 nitrogen and oxygen atoms in total. The van der Waals surface area contributed by atoms with Crippen molar-refractivity contribution in [1.82, 2.24) is 20.1 Å². The Bertz CT molecular complexity index is 1680. The Morgan fingerprint density at radius 1 is 1.04 bits per heavy atom. The summed E-state index contributed by atoms with van der Waals surface area (Å²) in [5.74, 6) is -3.74. The fourth-order valence-electron chi connectivity index (χ4n) is 4.91. The standard InChI is InChI=1S/C32H31F2N5O5S2/c33-24-3-1-22(17-25(24)34)21-2-4-26(36-8-10-38-11-13-44-14-12-38)23(16-21)18-28-30(41)39(32(45)46-28)9-6-29(40)37-19-20-5-7-35-27(15-20)31(42)43/h1-5,7,15-18,36H,6,8-14,19H2,(H,37,40)(H,42,43). The van der Waals surface area contributed by atoms with Crippen molar-refractivity contribution in [2.45, 2.75) is 13.0 Å². The van der Waals surface area contributed by atoms with Gasteiger partial charge in [-0.1, -0.05) is 36.1 Å². The van der Waals surface area contributed by atoms with Crippen molar-refractivity contribution in [1.29, 1.82) is 0 Å². The molecule has 0 atom stereocenters. The molecule has 0 unspecified atom stereocenters. The summed E-state index contributed by atoms with van der Waals surface area (Å²) in [6.07, 6.45) is 3.05. The maximum absolute atomic E-state index is 14.0. The number of nitrogens with one attached hydrogen (secondary N) is 2. The van der Waals surface area contributed by atoms with Crippen molar-refractivity contribution in [3.63, 3.8) is 0 Å². The molecule has 2 amide bonds. The Kier molecular flexibility index (Phi) is 11.1. The molecule has 1 aromatic heterocycles. The highest BCUT2D eigenvalue weighted by molar-refractivity contribution is 8.26.